The van der Waals surface area contributed by atoms with Crippen LogP contribution in [0.15, 0.2) is 53.6 Å². The van der Waals surface area contributed by atoms with Crippen LogP contribution in [0.3, 0.4) is 0 Å². The fraction of sp³-hybridized carbons (Fsp3) is 0.360. The minimum Gasteiger partial charge on any atom is -0.497 e. The lowest BCUT2D eigenvalue weighted by molar-refractivity contribution is -0.118. The third-order valence-corrected chi connectivity index (χ3v) is 5.51. The number of methoxy groups -OCH3 is 3. The Bertz CT molecular complexity index is 940. The zero-order chi connectivity index (χ0) is 22.2. The van der Waals surface area contributed by atoms with E-state index in [1.807, 2.05) is 30.3 Å². The second-order valence-electron chi connectivity index (χ2n) is 7.56. The summed E-state index contributed by atoms with van der Waals surface area (Å²) in [5.74, 6) is 1.09. The van der Waals surface area contributed by atoms with Gasteiger partial charge in [-0.05, 0) is 67.5 Å². The maximum Gasteiger partial charge on any atom is 0.337 e. The maximum atomic E-state index is 12.9. The molecule has 6 heteroatoms. The number of esters is 1. The molecule has 1 aliphatic rings. The molecule has 6 nitrogen and oxygen atoms in total. The van der Waals surface area contributed by atoms with Crippen LogP contribution in [0.4, 0.5) is 0 Å². The van der Waals surface area contributed by atoms with Crippen LogP contribution in [0.1, 0.15) is 47.2 Å². The molecule has 2 aromatic carbocycles. The summed E-state index contributed by atoms with van der Waals surface area (Å²) in [5.41, 5.74) is 4.52. The molecule has 2 aromatic rings. The minimum atomic E-state index is -0.373. The lowest BCUT2D eigenvalue weighted by atomic mass is 9.87. The molecular formula is C25H29NO5. The number of carbonyl (C=O) groups is 2. The predicted octanol–water partition coefficient (Wildman–Crippen LogP) is 4.22. The summed E-state index contributed by atoms with van der Waals surface area (Å²) in [4.78, 5) is 24.5. The van der Waals surface area contributed by atoms with Gasteiger partial charge in [0.05, 0.1) is 26.9 Å². The number of allylic oxidation sites excluding steroid dienone is 1. The number of amides is 1. The second kappa shape index (κ2) is 10.7. The van der Waals surface area contributed by atoms with Crippen LogP contribution in [-0.4, -0.2) is 33.2 Å². The first kappa shape index (κ1) is 22.4. The highest BCUT2D eigenvalue weighted by atomic mass is 16.5. The molecule has 1 aliphatic carbocycles. The number of hydrogen-bond donors (Lipinski definition) is 1. The predicted molar refractivity (Wildman–Crippen MR) is 118 cm³/mol. The van der Waals surface area contributed by atoms with E-state index in [0.29, 0.717) is 18.5 Å². The van der Waals surface area contributed by atoms with Crippen LogP contribution in [0.25, 0.3) is 0 Å². The van der Waals surface area contributed by atoms with Gasteiger partial charge in [0.15, 0.2) is 0 Å². The van der Waals surface area contributed by atoms with Crippen molar-refractivity contribution in [3.63, 3.8) is 0 Å². The molecule has 0 unspecified atom stereocenters. The van der Waals surface area contributed by atoms with Crippen molar-refractivity contribution in [2.45, 2.75) is 38.6 Å². The minimum absolute atomic E-state index is 0.0263. The smallest absolute Gasteiger partial charge is 0.337 e. The summed E-state index contributed by atoms with van der Waals surface area (Å²) in [6, 6.07) is 12.9. The van der Waals surface area contributed by atoms with E-state index in [1.54, 1.807) is 26.4 Å². The number of ether oxygens (including phenoxy) is 3. The highest BCUT2D eigenvalue weighted by Gasteiger charge is 2.20. The Morgan fingerprint density at radius 1 is 0.871 bits per heavy atom. The molecule has 0 bridgehead atoms. The van der Waals surface area contributed by atoms with Crippen molar-refractivity contribution in [3.05, 3.63) is 70.3 Å². The Hall–Kier alpha value is -3.28. The Morgan fingerprint density at radius 2 is 1.52 bits per heavy atom. The van der Waals surface area contributed by atoms with Crippen molar-refractivity contribution in [3.8, 4) is 11.5 Å². The van der Waals surface area contributed by atoms with Gasteiger partial charge in [0.2, 0.25) is 5.91 Å². The van der Waals surface area contributed by atoms with Crippen LogP contribution < -0.4 is 14.8 Å². The molecule has 0 heterocycles. The van der Waals surface area contributed by atoms with Crippen LogP contribution in [0.2, 0.25) is 0 Å². The van der Waals surface area contributed by atoms with Crippen molar-refractivity contribution in [1.82, 2.24) is 5.32 Å². The summed E-state index contributed by atoms with van der Waals surface area (Å²) in [7, 11) is 4.62. The molecule has 0 saturated heterocycles. The van der Waals surface area contributed by atoms with E-state index < -0.39 is 0 Å². The number of benzene rings is 2. The molecule has 0 aliphatic heterocycles. The van der Waals surface area contributed by atoms with Gasteiger partial charge >= 0.3 is 5.97 Å². The first-order valence-electron chi connectivity index (χ1n) is 10.4. The van der Waals surface area contributed by atoms with Crippen molar-refractivity contribution in [2.24, 2.45) is 0 Å². The van der Waals surface area contributed by atoms with Gasteiger partial charge < -0.3 is 19.5 Å². The molecule has 0 saturated carbocycles. The van der Waals surface area contributed by atoms with Crippen LogP contribution in [0, 0.1) is 0 Å². The molecular weight excluding hydrogens is 394 g/mol. The summed E-state index contributed by atoms with van der Waals surface area (Å²) < 4.78 is 15.5. The summed E-state index contributed by atoms with van der Waals surface area (Å²) in [5, 5.41) is 3.03. The summed E-state index contributed by atoms with van der Waals surface area (Å²) in [6.45, 7) is 0.407. The van der Waals surface area contributed by atoms with Gasteiger partial charge in [-0.15, -0.1) is 0 Å². The fourth-order valence-corrected chi connectivity index (χ4v) is 3.82. The molecule has 0 radical (unpaired) electrons. The van der Waals surface area contributed by atoms with Crippen molar-refractivity contribution < 1.29 is 23.8 Å². The van der Waals surface area contributed by atoms with E-state index in [0.717, 1.165) is 53.9 Å². The molecule has 1 amide bonds. The second-order valence-corrected chi connectivity index (χ2v) is 7.56. The Kier molecular flexibility index (Phi) is 7.70. The third-order valence-electron chi connectivity index (χ3n) is 5.51. The largest absolute Gasteiger partial charge is 0.497 e. The lowest BCUT2D eigenvalue weighted by Gasteiger charge is -2.21. The number of rotatable bonds is 8. The third kappa shape index (κ3) is 5.87. The van der Waals surface area contributed by atoms with Crippen molar-refractivity contribution in [1.29, 1.82) is 0 Å². The van der Waals surface area contributed by atoms with E-state index in [2.05, 4.69) is 5.32 Å². The van der Waals surface area contributed by atoms with E-state index in [9.17, 15) is 9.59 Å². The van der Waals surface area contributed by atoms with Gasteiger partial charge in [-0.2, -0.15) is 0 Å². The topological polar surface area (TPSA) is 73.9 Å². The van der Waals surface area contributed by atoms with Gasteiger partial charge in [-0.1, -0.05) is 17.7 Å². The molecule has 0 atom stereocenters. The maximum absolute atomic E-state index is 12.9. The van der Waals surface area contributed by atoms with Crippen LogP contribution >= 0.6 is 0 Å². The SMILES string of the molecule is COC(=O)c1ccc(CNC(=O)C2=C(Cc3cc(OC)cc(OC)c3)CCCC2)cc1. The van der Waals surface area contributed by atoms with Gasteiger partial charge in [0.25, 0.3) is 0 Å². The zero-order valence-electron chi connectivity index (χ0n) is 18.3. The van der Waals surface area contributed by atoms with E-state index in [4.69, 9.17) is 14.2 Å². The zero-order valence-corrected chi connectivity index (χ0v) is 18.3. The monoisotopic (exact) mass is 423 g/mol. The Labute approximate surface area is 183 Å². The summed E-state index contributed by atoms with van der Waals surface area (Å²) in [6.07, 6.45) is 4.49. The van der Waals surface area contributed by atoms with E-state index in [-0.39, 0.29) is 11.9 Å². The highest BCUT2D eigenvalue weighted by Crippen LogP contribution is 2.30. The molecule has 0 aromatic heterocycles. The van der Waals surface area contributed by atoms with Crippen LogP contribution in [0.5, 0.6) is 11.5 Å². The lowest BCUT2D eigenvalue weighted by Crippen LogP contribution is -2.27. The van der Waals surface area contributed by atoms with Gasteiger partial charge in [-0.25, -0.2) is 4.79 Å². The average molecular weight is 424 g/mol. The van der Waals surface area contributed by atoms with Crippen LogP contribution in [-0.2, 0) is 22.5 Å². The molecule has 0 spiro atoms. The first-order chi connectivity index (χ1) is 15.0. The quantitative estimate of drug-likeness (QED) is 0.644. The Morgan fingerprint density at radius 3 is 2.13 bits per heavy atom. The molecule has 31 heavy (non-hydrogen) atoms. The standard InChI is InChI=1S/C25H29NO5/c1-29-21-13-18(14-22(15-21)30-2)12-20-6-4-5-7-23(20)24(27)26-16-17-8-10-19(11-9-17)25(28)31-3/h8-11,13-15H,4-7,12,16H2,1-3H3,(H,26,27). The van der Waals surface area contributed by atoms with Gasteiger partial charge in [-0.3, -0.25) is 4.79 Å². The molecule has 1 N–H and O–H groups in total. The van der Waals surface area contributed by atoms with E-state index in [1.165, 1.54) is 12.7 Å². The number of carbonyl (C=O) groups excluding carboxylic acids is 2. The van der Waals surface area contributed by atoms with Gasteiger partial charge in [0.1, 0.15) is 11.5 Å². The van der Waals surface area contributed by atoms with Crippen molar-refractivity contribution >= 4 is 11.9 Å². The summed E-state index contributed by atoms with van der Waals surface area (Å²) >= 11 is 0. The van der Waals surface area contributed by atoms with Gasteiger partial charge in [0, 0.05) is 18.2 Å². The average Bonchev–Trinajstić information content (AvgIpc) is 2.82. The highest BCUT2D eigenvalue weighted by molar-refractivity contribution is 5.94. The fourth-order valence-electron chi connectivity index (χ4n) is 3.82. The first-order valence-corrected chi connectivity index (χ1v) is 10.4. The normalized spacial score (nSPS) is 13.5. The Balaban J connectivity index is 1.71. The molecule has 164 valence electrons. The van der Waals surface area contributed by atoms with E-state index >= 15 is 0 Å². The number of nitrogens with one attached hydrogen (secondary N) is 1. The molecule has 3 rings (SSSR count). The number of hydrogen-bond acceptors (Lipinski definition) is 5. The van der Waals surface area contributed by atoms with Crippen molar-refractivity contribution in [2.75, 3.05) is 21.3 Å². The molecule has 0 fully saturated rings.